The van der Waals surface area contributed by atoms with E-state index in [0.717, 1.165) is 86.9 Å². The average molecular weight is 1060 g/mol. The number of carbonyl (C=O) groups is 5. The van der Waals surface area contributed by atoms with Gasteiger partial charge in [0, 0.05) is 100.0 Å². The molecular weight excluding hydrogens is 996 g/mol. The molecule has 3 fully saturated rings. The second kappa shape index (κ2) is 21.8. The Labute approximate surface area is 439 Å². The molecule has 5 aliphatic rings. The molecule has 21 heteroatoms. The molecule has 9 rings (SSSR count). The summed E-state index contributed by atoms with van der Waals surface area (Å²) < 4.78 is 50.4. The van der Waals surface area contributed by atoms with Crippen LogP contribution in [0.25, 0.3) is 33.4 Å². The van der Waals surface area contributed by atoms with E-state index >= 15 is 4.39 Å². The van der Waals surface area contributed by atoms with Crippen molar-refractivity contribution in [2.75, 3.05) is 71.6 Å². The smallest absolute Gasteiger partial charge is 0.324 e. The molecule has 3 saturated heterocycles. The molecule has 4 amide bonds. The number of esters is 1. The third-order valence-electron chi connectivity index (χ3n) is 15.4. The number of nitrogens with zero attached hydrogens (tertiary/aromatic N) is 7. The highest BCUT2D eigenvalue weighted by Crippen LogP contribution is 2.46. The molecule has 5 atom stereocenters. The predicted octanol–water partition coefficient (Wildman–Crippen LogP) is 6.31. The van der Waals surface area contributed by atoms with Gasteiger partial charge >= 0.3 is 5.97 Å². The summed E-state index contributed by atoms with van der Waals surface area (Å²) in [5, 5.41) is 7.86. The Bertz CT molecular complexity index is 2790. The zero-order chi connectivity index (χ0) is 52.8. The molecule has 5 aliphatic heterocycles. The van der Waals surface area contributed by atoms with Gasteiger partial charge in [-0.15, -0.1) is 11.3 Å². The van der Waals surface area contributed by atoms with Crippen molar-refractivity contribution in [2.24, 2.45) is 11.3 Å². The minimum absolute atomic E-state index is 0.0277. The third kappa shape index (κ3) is 10.8. The number of thiazole rings is 1. The minimum Gasteiger partial charge on any atom is -0.464 e. The van der Waals surface area contributed by atoms with E-state index in [0.29, 0.717) is 43.2 Å². The quantitative estimate of drug-likeness (QED) is 0.134. The van der Waals surface area contributed by atoms with Crippen LogP contribution >= 0.6 is 22.9 Å². The largest absolute Gasteiger partial charge is 0.464 e. The molecule has 8 heterocycles. The second-order valence-electron chi connectivity index (χ2n) is 21.6. The number of morpholine rings is 1. The van der Waals surface area contributed by atoms with Gasteiger partial charge < -0.3 is 38.8 Å². The van der Waals surface area contributed by atoms with Gasteiger partial charge in [0.05, 0.1) is 65.4 Å². The lowest BCUT2D eigenvalue weighted by atomic mass is 9.84. The summed E-state index contributed by atoms with van der Waals surface area (Å²) >= 11 is 6.72. The molecule has 0 saturated carbocycles. The van der Waals surface area contributed by atoms with Crippen LogP contribution in [0.1, 0.15) is 94.7 Å². The van der Waals surface area contributed by atoms with Crippen molar-refractivity contribution < 1.29 is 47.0 Å². The van der Waals surface area contributed by atoms with E-state index in [1.807, 2.05) is 18.5 Å². The number of aromatic nitrogens is 3. The molecule has 2 N–H and O–H groups in total. The summed E-state index contributed by atoms with van der Waals surface area (Å²) in [5.74, 6) is -4.21. The zero-order valence-corrected chi connectivity index (χ0v) is 44.9. The SMILES string of the molecule is CO[C@@H](C)c1ncc(N2CCOCC2)cc1-c1c2c3cc(cc4c3n1CCC4)-c1csc(n1)C[C@H](NC(=O)[C@H](C(C)C)N(C)C(=O)C1(F)CCN(C(=O)[C@H](F)Cl)CC1)C(=O)N1CCC[C@H](N1)C(=O)OCC(C)(C)C2. The minimum atomic E-state index is -2.44. The van der Waals surface area contributed by atoms with Gasteiger partial charge in [-0.3, -0.25) is 34.0 Å². The third-order valence-corrected chi connectivity index (χ3v) is 16.4. The number of anilines is 1. The number of pyridine rings is 1. The maximum atomic E-state index is 16.5. The van der Waals surface area contributed by atoms with Gasteiger partial charge in [0.25, 0.3) is 23.4 Å². The summed E-state index contributed by atoms with van der Waals surface area (Å²) in [6.07, 6.45) is 3.94. The Kier molecular flexibility index (Phi) is 15.7. The highest BCUT2D eigenvalue weighted by atomic mass is 35.5. The Hall–Kier alpha value is -5.28. The highest BCUT2D eigenvalue weighted by molar-refractivity contribution is 7.10. The number of alkyl halides is 3. The summed E-state index contributed by atoms with van der Waals surface area (Å²) in [5.41, 5.74) is 6.71. The second-order valence-corrected chi connectivity index (χ2v) is 22.9. The Morgan fingerprint density at radius 3 is 2.49 bits per heavy atom. The Balaban J connectivity index is 1.10. The first-order valence-corrected chi connectivity index (χ1v) is 27.1. The van der Waals surface area contributed by atoms with Crippen molar-refractivity contribution >= 4 is 69.1 Å². The van der Waals surface area contributed by atoms with Crippen LogP contribution in [0.5, 0.6) is 0 Å². The van der Waals surface area contributed by atoms with E-state index in [9.17, 15) is 28.4 Å². The maximum absolute atomic E-state index is 16.5. The van der Waals surface area contributed by atoms with Crippen molar-refractivity contribution in [3.63, 3.8) is 0 Å². The highest BCUT2D eigenvalue weighted by Gasteiger charge is 2.48. The lowest BCUT2D eigenvalue weighted by Gasteiger charge is -2.40. The molecule has 0 radical (unpaired) electrons. The average Bonchev–Trinajstić information content (AvgIpc) is 3.99. The number of likely N-dealkylation sites (tertiary alicyclic amines) is 1. The number of hydrogen-bond donors (Lipinski definition) is 2. The number of piperidine rings is 1. The Morgan fingerprint density at radius 2 is 1.78 bits per heavy atom. The predicted molar refractivity (Wildman–Crippen MR) is 277 cm³/mol. The topological polar surface area (TPSA) is 181 Å². The van der Waals surface area contributed by atoms with Crippen molar-refractivity contribution in [3.8, 4) is 22.5 Å². The van der Waals surface area contributed by atoms with E-state index in [-0.39, 0.29) is 38.8 Å². The van der Waals surface area contributed by atoms with E-state index in [2.05, 4.69) is 52.3 Å². The first-order valence-electron chi connectivity index (χ1n) is 25.8. The van der Waals surface area contributed by atoms with E-state index < -0.39 is 83.2 Å². The summed E-state index contributed by atoms with van der Waals surface area (Å²) in [6.45, 7) is 13.0. The number of carbonyl (C=O) groups excluding carboxylic acids is 5. The van der Waals surface area contributed by atoms with Gasteiger partial charge in [-0.2, -0.15) is 0 Å². The number of hydrogen-bond acceptors (Lipinski definition) is 13. The number of rotatable bonds is 10. The van der Waals surface area contributed by atoms with Gasteiger partial charge in [0.1, 0.15) is 18.1 Å². The summed E-state index contributed by atoms with van der Waals surface area (Å²) in [7, 11) is 3.04. The number of aryl methyl sites for hydroxylation is 2. The number of benzene rings is 1. The fraction of sp³-hybridized carbons (Fsp3) is 0.604. The lowest BCUT2D eigenvalue weighted by molar-refractivity contribution is -0.156. The number of amides is 4. The number of likely N-dealkylation sites (N-methyl/N-ethyl adjacent to an activating group) is 1. The monoisotopic (exact) mass is 1060 g/mol. The van der Waals surface area contributed by atoms with Crippen LogP contribution in [0, 0.1) is 11.3 Å². The molecule has 74 heavy (non-hydrogen) atoms. The fourth-order valence-corrected chi connectivity index (χ4v) is 12.4. The molecule has 0 unspecified atom stereocenters. The fourth-order valence-electron chi connectivity index (χ4n) is 11.4. The molecule has 1 aromatic carbocycles. The molecule has 4 aromatic rings. The molecule has 0 aliphatic carbocycles. The summed E-state index contributed by atoms with van der Waals surface area (Å²) in [6, 6.07) is 3.34. The number of ether oxygens (including phenoxy) is 3. The first kappa shape index (κ1) is 53.5. The van der Waals surface area contributed by atoms with Crippen LogP contribution in [0.4, 0.5) is 14.5 Å². The number of halogens is 3. The van der Waals surface area contributed by atoms with Gasteiger partial charge in [-0.25, -0.2) is 19.2 Å². The van der Waals surface area contributed by atoms with Crippen molar-refractivity contribution in [3.05, 3.63) is 51.6 Å². The van der Waals surface area contributed by atoms with Gasteiger partial charge in [0.15, 0.2) is 5.67 Å². The van der Waals surface area contributed by atoms with Crippen LogP contribution in [0.2, 0.25) is 0 Å². The van der Waals surface area contributed by atoms with E-state index in [4.69, 9.17) is 35.8 Å². The molecule has 17 nitrogen and oxygen atoms in total. The van der Waals surface area contributed by atoms with Crippen molar-refractivity contribution in [2.45, 2.75) is 128 Å². The normalized spacial score (nSPS) is 22.4. The first-order chi connectivity index (χ1) is 35.3. The molecular formula is C53H68ClF2N9O8S. The number of fused-ring (bicyclic) bond motifs is 6. The molecule has 0 spiro atoms. The van der Waals surface area contributed by atoms with Crippen molar-refractivity contribution in [1.82, 2.24) is 40.1 Å². The number of cyclic esters (lactones) is 1. The molecule has 400 valence electrons. The van der Waals surface area contributed by atoms with Crippen LogP contribution in [-0.2, 0) is 64.0 Å². The Morgan fingerprint density at radius 1 is 1.04 bits per heavy atom. The molecule has 3 aromatic heterocycles. The van der Waals surface area contributed by atoms with E-state index in [1.54, 1.807) is 21.0 Å². The van der Waals surface area contributed by atoms with Gasteiger partial charge in [-0.1, -0.05) is 39.3 Å². The van der Waals surface area contributed by atoms with Gasteiger partial charge in [-0.05, 0) is 74.3 Å². The number of nitrogens with one attached hydrogen (secondary N) is 2. The standard InChI is InChI=1S/C53H68ClF2N9O8S/c1-30(2)43(61(6)51(70)53(56)12-16-63(17-13-53)49(68)46(54)55)47(66)59-39-25-41-58-40(28-74-41)33-22-32-10-8-14-64-44(32)35(23-33)37(26-52(4,5)29-73-50(69)38-11-9-15-65(60-38)48(39)67)45(64)36-24-34(62-18-20-72-21-19-62)27-57-42(36)31(3)71-7/h22-24,27-28,30-31,38-39,43,46,60H,8-21,25-26,29H2,1-7H3,(H,59,66)/t31-,38-,39-,43-,46-/m0/s1. The van der Waals surface area contributed by atoms with Crippen LogP contribution in [0.15, 0.2) is 29.8 Å². The van der Waals surface area contributed by atoms with E-state index in [1.165, 1.54) is 29.0 Å². The summed E-state index contributed by atoms with van der Waals surface area (Å²) in [4.78, 5) is 84.3. The van der Waals surface area contributed by atoms with Crippen LogP contribution in [0.3, 0.4) is 0 Å². The van der Waals surface area contributed by atoms with Crippen LogP contribution < -0.4 is 15.6 Å². The van der Waals surface area contributed by atoms with Crippen molar-refractivity contribution in [1.29, 1.82) is 0 Å². The van der Waals surface area contributed by atoms with Gasteiger partial charge in [0.2, 0.25) is 5.91 Å². The number of hydrazine groups is 1. The van der Waals surface area contributed by atoms with Crippen LogP contribution in [-0.4, -0.2) is 155 Å². The molecule has 6 bridgehead atoms. The number of methoxy groups -OCH3 is 1. The lowest BCUT2D eigenvalue weighted by Crippen LogP contribution is -2.63. The maximum Gasteiger partial charge on any atom is 0.324 e. The zero-order valence-electron chi connectivity index (χ0n) is 43.3.